The third kappa shape index (κ3) is 4.80. The Bertz CT molecular complexity index is 3240. The Hall–Kier alpha value is -7.43. The fourth-order valence-electron chi connectivity index (χ4n) is 10.2. The summed E-state index contributed by atoms with van der Waals surface area (Å²) in [4.78, 5) is 15.3. The predicted molar refractivity (Wildman–Crippen MR) is 238 cm³/mol. The van der Waals surface area contributed by atoms with Crippen LogP contribution in [-0.2, 0) is 10.8 Å². The van der Waals surface area contributed by atoms with E-state index in [1.165, 1.54) is 50.1 Å². The Kier molecular flexibility index (Phi) is 7.16. The number of fused-ring (bicyclic) bond motifs is 13. The fourth-order valence-corrected chi connectivity index (χ4v) is 10.2. The predicted octanol–water partition coefficient (Wildman–Crippen LogP) is 13.4. The summed E-state index contributed by atoms with van der Waals surface area (Å²) < 4.78 is 6.76. The highest BCUT2D eigenvalue weighted by Gasteiger charge is 2.54. The lowest BCUT2D eigenvalue weighted by Gasteiger charge is -2.47. The van der Waals surface area contributed by atoms with Crippen molar-refractivity contribution in [1.29, 1.82) is 0 Å². The Morgan fingerprint density at radius 1 is 0.373 bits per heavy atom. The molecule has 0 fully saturated rings. The third-order valence-corrected chi connectivity index (χ3v) is 12.8. The zero-order chi connectivity index (χ0) is 39.3. The first-order chi connectivity index (χ1) is 29.0. The molecule has 0 unspecified atom stereocenters. The lowest BCUT2D eigenvalue weighted by atomic mass is 9.55. The number of hydrogen-bond acceptors (Lipinski definition) is 4. The summed E-state index contributed by atoms with van der Waals surface area (Å²) in [6.07, 6.45) is 0. The molecule has 1 spiro atoms. The van der Waals surface area contributed by atoms with Gasteiger partial charge >= 0.3 is 0 Å². The molecule has 2 aliphatic rings. The molecule has 0 radical (unpaired) electrons. The van der Waals surface area contributed by atoms with Crippen molar-refractivity contribution in [3.05, 3.63) is 221 Å². The Morgan fingerprint density at radius 3 is 1.47 bits per heavy atom. The molecule has 2 heterocycles. The molecule has 2 aromatic heterocycles. The van der Waals surface area contributed by atoms with Crippen molar-refractivity contribution in [2.24, 2.45) is 0 Å². The highest BCUT2D eigenvalue weighted by molar-refractivity contribution is 6.10. The van der Waals surface area contributed by atoms with Crippen LogP contribution in [0.3, 0.4) is 0 Å². The van der Waals surface area contributed by atoms with E-state index in [1.807, 2.05) is 24.3 Å². The normalized spacial score (nSPS) is 14.2. The molecule has 0 N–H and O–H groups in total. The van der Waals surface area contributed by atoms with Crippen LogP contribution in [0.25, 0.3) is 78.4 Å². The SMILES string of the molecule is CC1(C)c2ccccc2C2(c3ccccc3-c3ccccc32)c2ccc3oc4ccc(-c5nc(-c6ccccc6)nc(-c6ccc(-c7ccccc7)cc6)n5)cc4c3c21. The average Bonchev–Trinajstić information content (AvgIpc) is 3.82. The monoisotopic (exact) mass is 755 g/mol. The van der Waals surface area contributed by atoms with E-state index < -0.39 is 5.41 Å². The molecule has 0 aliphatic heterocycles. The zero-order valence-corrected chi connectivity index (χ0v) is 32.6. The molecule has 0 saturated carbocycles. The van der Waals surface area contributed by atoms with Crippen LogP contribution in [0.15, 0.2) is 192 Å². The van der Waals surface area contributed by atoms with Crippen LogP contribution in [0.1, 0.15) is 47.2 Å². The van der Waals surface area contributed by atoms with E-state index in [0.717, 1.165) is 44.2 Å². The summed E-state index contributed by atoms with van der Waals surface area (Å²) in [5.74, 6) is 1.87. The number of hydrogen-bond donors (Lipinski definition) is 0. The first-order valence-corrected chi connectivity index (χ1v) is 20.3. The highest BCUT2D eigenvalue weighted by atomic mass is 16.3. The number of benzene rings is 8. The van der Waals surface area contributed by atoms with Gasteiger partial charge in [0.25, 0.3) is 0 Å². The van der Waals surface area contributed by atoms with Crippen LogP contribution in [0.5, 0.6) is 0 Å². The van der Waals surface area contributed by atoms with Gasteiger partial charge < -0.3 is 4.42 Å². The van der Waals surface area contributed by atoms with Crippen LogP contribution in [0, 0.1) is 0 Å². The van der Waals surface area contributed by atoms with Crippen LogP contribution in [0.4, 0.5) is 0 Å². The van der Waals surface area contributed by atoms with Gasteiger partial charge in [-0.25, -0.2) is 15.0 Å². The Morgan fingerprint density at radius 2 is 0.831 bits per heavy atom. The molecule has 0 saturated heterocycles. The van der Waals surface area contributed by atoms with Gasteiger partial charge in [0.1, 0.15) is 11.2 Å². The maximum atomic E-state index is 6.76. The number of aromatic nitrogens is 3. The second-order valence-electron chi connectivity index (χ2n) is 16.3. The van der Waals surface area contributed by atoms with Crippen LogP contribution >= 0.6 is 0 Å². The van der Waals surface area contributed by atoms with Gasteiger partial charge in [-0.3, -0.25) is 0 Å². The van der Waals surface area contributed by atoms with Gasteiger partial charge in [0.2, 0.25) is 0 Å². The lowest BCUT2D eigenvalue weighted by Crippen LogP contribution is -2.40. The zero-order valence-electron chi connectivity index (χ0n) is 32.6. The van der Waals surface area contributed by atoms with Gasteiger partial charge in [-0.05, 0) is 79.9 Å². The smallest absolute Gasteiger partial charge is 0.164 e. The van der Waals surface area contributed by atoms with E-state index in [-0.39, 0.29) is 5.41 Å². The van der Waals surface area contributed by atoms with E-state index in [2.05, 4.69) is 178 Å². The molecular formula is C55H37N3O. The topological polar surface area (TPSA) is 51.8 Å². The summed E-state index contributed by atoms with van der Waals surface area (Å²) in [6.45, 7) is 4.75. The lowest BCUT2D eigenvalue weighted by molar-refractivity contribution is 0.567. The largest absolute Gasteiger partial charge is 0.456 e. The maximum absolute atomic E-state index is 6.76. The minimum absolute atomic E-state index is 0.345. The van der Waals surface area contributed by atoms with Gasteiger partial charge in [0.15, 0.2) is 17.5 Å². The van der Waals surface area contributed by atoms with Crippen LogP contribution in [-0.4, -0.2) is 15.0 Å². The van der Waals surface area contributed by atoms with Gasteiger partial charge in [-0.1, -0.05) is 178 Å². The molecule has 0 bridgehead atoms. The minimum Gasteiger partial charge on any atom is -0.456 e. The van der Waals surface area contributed by atoms with Crippen molar-refractivity contribution in [2.75, 3.05) is 0 Å². The van der Waals surface area contributed by atoms with Gasteiger partial charge in [-0.2, -0.15) is 0 Å². The summed E-state index contributed by atoms with van der Waals surface area (Å²) in [5.41, 5.74) is 16.4. The Balaban J connectivity index is 1.10. The number of rotatable bonds is 4. The summed E-state index contributed by atoms with van der Waals surface area (Å²) in [6, 6.07) is 67.0. The van der Waals surface area contributed by atoms with Crippen molar-refractivity contribution in [1.82, 2.24) is 15.0 Å². The molecule has 0 amide bonds. The van der Waals surface area contributed by atoms with E-state index in [9.17, 15) is 0 Å². The van der Waals surface area contributed by atoms with Crippen LogP contribution < -0.4 is 0 Å². The second-order valence-corrected chi connectivity index (χ2v) is 16.3. The van der Waals surface area contributed by atoms with Crippen molar-refractivity contribution in [3.8, 4) is 56.4 Å². The van der Waals surface area contributed by atoms with E-state index in [1.54, 1.807) is 0 Å². The van der Waals surface area contributed by atoms with Crippen molar-refractivity contribution < 1.29 is 4.42 Å². The van der Waals surface area contributed by atoms with E-state index in [4.69, 9.17) is 19.4 Å². The number of furan rings is 1. The molecule has 4 nitrogen and oxygen atoms in total. The first kappa shape index (κ1) is 33.7. The maximum Gasteiger partial charge on any atom is 0.164 e. The first-order valence-electron chi connectivity index (χ1n) is 20.3. The van der Waals surface area contributed by atoms with Gasteiger partial charge in [-0.15, -0.1) is 0 Å². The van der Waals surface area contributed by atoms with Crippen LogP contribution in [0.2, 0.25) is 0 Å². The molecule has 12 rings (SSSR count). The van der Waals surface area contributed by atoms with E-state index >= 15 is 0 Å². The molecule has 10 aromatic rings. The molecule has 0 atom stereocenters. The molecule has 2 aliphatic carbocycles. The molecule has 8 aromatic carbocycles. The molecule has 4 heteroatoms. The summed E-state index contributed by atoms with van der Waals surface area (Å²) in [7, 11) is 0. The standard InChI is InChI=1S/C55H37N3O/c1-54(2)44-23-13-14-24-45(44)55(42-21-11-9-19-39(42)40-20-10-12-22-43(40)55)46-30-32-48-49(50(46)54)41-33-38(29-31-47(41)59-48)53-57-51(36-17-7-4-8-18-36)56-52(58-53)37-27-25-35(26-28-37)34-15-5-3-6-16-34/h3-33H,1-2H3. The quantitative estimate of drug-likeness (QED) is 0.179. The van der Waals surface area contributed by atoms with Gasteiger partial charge in [0, 0.05) is 32.9 Å². The highest BCUT2D eigenvalue weighted by Crippen LogP contribution is 2.63. The average molecular weight is 756 g/mol. The molecule has 278 valence electrons. The fraction of sp³-hybridized carbons (Fsp3) is 0.0727. The molecular weight excluding hydrogens is 719 g/mol. The molecule has 59 heavy (non-hydrogen) atoms. The minimum atomic E-state index is -0.492. The Labute approximate surface area is 342 Å². The van der Waals surface area contributed by atoms with Crippen molar-refractivity contribution in [3.63, 3.8) is 0 Å². The third-order valence-electron chi connectivity index (χ3n) is 12.8. The van der Waals surface area contributed by atoms with Crippen molar-refractivity contribution in [2.45, 2.75) is 24.7 Å². The summed E-state index contributed by atoms with van der Waals surface area (Å²) in [5, 5.41) is 2.18. The van der Waals surface area contributed by atoms with Gasteiger partial charge in [0.05, 0.1) is 5.41 Å². The second kappa shape index (κ2) is 12.5. The van der Waals surface area contributed by atoms with E-state index in [0.29, 0.717) is 17.5 Å². The number of nitrogens with zero attached hydrogens (tertiary/aromatic N) is 3. The van der Waals surface area contributed by atoms with Crippen molar-refractivity contribution >= 4 is 21.9 Å². The summed E-state index contributed by atoms with van der Waals surface area (Å²) >= 11 is 0.